The van der Waals surface area contributed by atoms with Crippen LogP contribution in [-0.2, 0) is 20.0 Å². The molecule has 0 saturated heterocycles. The molecule has 1 aliphatic rings. The summed E-state index contributed by atoms with van der Waals surface area (Å²) in [5.74, 6) is -0.0491. The molecule has 0 spiro atoms. The molecule has 1 aromatic heterocycles. The van der Waals surface area contributed by atoms with E-state index in [4.69, 9.17) is 0 Å². The molecular weight excluding hydrogens is 398 g/mol. The number of sulfone groups is 1. The Morgan fingerprint density at radius 1 is 1.03 bits per heavy atom. The molecule has 7 heteroatoms. The van der Waals surface area contributed by atoms with Crippen LogP contribution >= 0.6 is 0 Å². The third-order valence-corrected chi connectivity index (χ3v) is 6.98. The molecule has 0 bridgehead atoms. The maximum atomic E-state index is 13.5. The Kier molecular flexibility index (Phi) is 5.47. The summed E-state index contributed by atoms with van der Waals surface area (Å²) >= 11 is 0. The quantitative estimate of drug-likeness (QED) is 0.669. The van der Waals surface area contributed by atoms with Gasteiger partial charge < -0.3 is 5.32 Å². The van der Waals surface area contributed by atoms with E-state index in [0.29, 0.717) is 5.69 Å². The molecule has 0 unspecified atom stereocenters. The number of rotatable bonds is 5. The van der Waals surface area contributed by atoms with Crippen molar-refractivity contribution in [2.45, 2.75) is 42.4 Å². The van der Waals surface area contributed by atoms with Gasteiger partial charge in [-0.1, -0.05) is 37.5 Å². The Hall–Kier alpha value is -2.93. The first kappa shape index (κ1) is 20.3. The van der Waals surface area contributed by atoms with E-state index >= 15 is 0 Å². The summed E-state index contributed by atoms with van der Waals surface area (Å²) < 4.78 is 25.4. The number of carbonyl (C=O) groups excluding carboxylic acids is 1. The van der Waals surface area contributed by atoms with Crippen LogP contribution in [0.25, 0.3) is 5.69 Å². The van der Waals surface area contributed by atoms with Gasteiger partial charge in [-0.2, -0.15) is 5.10 Å². The molecule has 0 atom stereocenters. The topological polar surface area (TPSA) is 81.1 Å². The zero-order chi connectivity index (χ0) is 21.2. The number of benzene rings is 2. The van der Waals surface area contributed by atoms with Crippen LogP contribution in [0.5, 0.6) is 0 Å². The van der Waals surface area contributed by atoms with E-state index in [-0.39, 0.29) is 10.8 Å². The fraction of sp³-hybridized carbons (Fsp3) is 0.304. The van der Waals surface area contributed by atoms with Gasteiger partial charge in [0.25, 0.3) is 0 Å². The van der Waals surface area contributed by atoms with E-state index in [2.05, 4.69) is 10.4 Å². The van der Waals surface area contributed by atoms with Gasteiger partial charge in [0, 0.05) is 24.3 Å². The van der Waals surface area contributed by atoms with Gasteiger partial charge in [0.15, 0.2) is 9.84 Å². The molecular formula is C23H25N3O3S. The van der Waals surface area contributed by atoms with E-state index in [0.717, 1.165) is 43.4 Å². The molecule has 1 saturated carbocycles. The van der Waals surface area contributed by atoms with Crippen LogP contribution in [-0.4, -0.2) is 30.4 Å². The summed E-state index contributed by atoms with van der Waals surface area (Å²) in [5, 5.41) is 7.34. The summed E-state index contributed by atoms with van der Waals surface area (Å²) in [7, 11) is -3.27. The molecule has 6 nitrogen and oxygen atoms in total. The number of amides is 1. The third kappa shape index (κ3) is 4.03. The predicted octanol–water partition coefficient (Wildman–Crippen LogP) is 4.12. The molecule has 1 heterocycles. The van der Waals surface area contributed by atoms with Crippen molar-refractivity contribution in [1.29, 1.82) is 0 Å². The van der Waals surface area contributed by atoms with Crippen molar-refractivity contribution in [3.63, 3.8) is 0 Å². The SMILES string of the molecule is CS(=O)(=O)c1ccc(C2(C(=O)Nc3cccc(-n4cccn4)c3)CCCCC2)cc1. The highest BCUT2D eigenvalue weighted by molar-refractivity contribution is 7.90. The Bertz CT molecular complexity index is 1130. The normalized spacial score (nSPS) is 16.2. The van der Waals surface area contributed by atoms with Gasteiger partial charge in [0.2, 0.25) is 5.91 Å². The van der Waals surface area contributed by atoms with Crippen molar-refractivity contribution in [1.82, 2.24) is 9.78 Å². The highest BCUT2D eigenvalue weighted by Gasteiger charge is 2.41. The van der Waals surface area contributed by atoms with E-state index < -0.39 is 15.3 Å². The van der Waals surface area contributed by atoms with Crippen LogP contribution in [0.1, 0.15) is 37.7 Å². The second kappa shape index (κ2) is 8.07. The number of aromatic nitrogens is 2. The van der Waals surface area contributed by atoms with Crippen molar-refractivity contribution >= 4 is 21.4 Å². The molecule has 1 amide bonds. The van der Waals surface area contributed by atoms with Gasteiger partial charge in [-0.3, -0.25) is 4.79 Å². The lowest BCUT2D eigenvalue weighted by molar-refractivity contribution is -0.122. The average molecular weight is 424 g/mol. The van der Waals surface area contributed by atoms with E-state index in [1.54, 1.807) is 35.1 Å². The summed E-state index contributed by atoms with van der Waals surface area (Å²) in [6.07, 6.45) is 9.28. The first-order valence-corrected chi connectivity index (χ1v) is 12.0. The minimum Gasteiger partial charge on any atom is -0.325 e. The summed E-state index contributed by atoms with van der Waals surface area (Å²) in [4.78, 5) is 13.8. The first-order chi connectivity index (χ1) is 14.4. The number of hydrogen-bond donors (Lipinski definition) is 1. The van der Waals surface area contributed by atoms with Crippen LogP contribution in [0.15, 0.2) is 71.9 Å². The van der Waals surface area contributed by atoms with Crippen molar-refractivity contribution in [3.05, 3.63) is 72.6 Å². The van der Waals surface area contributed by atoms with Gasteiger partial charge in [-0.15, -0.1) is 0 Å². The molecule has 2 aromatic carbocycles. The molecule has 30 heavy (non-hydrogen) atoms. The number of carbonyl (C=O) groups is 1. The van der Waals surface area contributed by atoms with Gasteiger partial charge in [0.1, 0.15) is 0 Å². The second-order valence-corrected chi connectivity index (χ2v) is 9.91. The Morgan fingerprint density at radius 2 is 1.77 bits per heavy atom. The number of nitrogens with zero attached hydrogens (tertiary/aromatic N) is 2. The maximum Gasteiger partial charge on any atom is 0.235 e. The van der Waals surface area contributed by atoms with E-state index in [9.17, 15) is 13.2 Å². The minimum atomic E-state index is -3.27. The standard InChI is InChI=1S/C23H25N3O3S/c1-30(28,29)21-11-9-18(10-12-21)23(13-3-2-4-14-23)22(27)25-19-7-5-8-20(17-19)26-16-6-15-24-26/h5-12,15-17H,2-4,13-14H2,1H3,(H,25,27). The van der Waals surface area contributed by atoms with Crippen LogP contribution in [0.3, 0.4) is 0 Å². The summed E-state index contributed by atoms with van der Waals surface area (Å²) in [6.45, 7) is 0. The monoisotopic (exact) mass is 423 g/mol. The largest absolute Gasteiger partial charge is 0.325 e. The molecule has 3 aromatic rings. The number of hydrogen-bond acceptors (Lipinski definition) is 4. The highest BCUT2D eigenvalue weighted by Crippen LogP contribution is 2.41. The van der Waals surface area contributed by atoms with Crippen LogP contribution < -0.4 is 5.32 Å². The first-order valence-electron chi connectivity index (χ1n) is 10.1. The van der Waals surface area contributed by atoms with Crippen molar-refractivity contribution < 1.29 is 13.2 Å². The molecule has 1 aliphatic carbocycles. The van der Waals surface area contributed by atoms with E-state index in [1.807, 2.05) is 36.5 Å². The fourth-order valence-electron chi connectivity index (χ4n) is 4.22. The van der Waals surface area contributed by atoms with Crippen molar-refractivity contribution in [3.8, 4) is 5.69 Å². The van der Waals surface area contributed by atoms with Crippen molar-refractivity contribution in [2.75, 3.05) is 11.6 Å². The maximum absolute atomic E-state index is 13.5. The number of anilines is 1. The molecule has 1 fully saturated rings. The number of nitrogens with one attached hydrogen (secondary N) is 1. The Morgan fingerprint density at radius 3 is 2.40 bits per heavy atom. The zero-order valence-corrected chi connectivity index (χ0v) is 17.7. The third-order valence-electron chi connectivity index (χ3n) is 5.85. The van der Waals surface area contributed by atoms with Gasteiger partial charge >= 0.3 is 0 Å². The summed E-state index contributed by atoms with van der Waals surface area (Å²) in [5.41, 5.74) is 1.80. The van der Waals surface area contributed by atoms with Gasteiger partial charge in [-0.25, -0.2) is 13.1 Å². The van der Waals surface area contributed by atoms with Crippen LogP contribution in [0.4, 0.5) is 5.69 Å². The smallest absolute Gasteiger partial charge is 0.235 e. The minimum absolute atomic E-state index is 0.0491. The second-order valence-electron chi connectivity index (χ2n) is 7.89. The molecule has 0 aliphatic heterocycles. The van der Waals surface area contributed by atoms with Crippen LogP contribution in [0, 0.1) is 0 Å². The average Bonchev–Trinajstić information content (AvgIpc) is 3.29. The summed E-state index contributed by atoms with van der Waals surface area (Å²) in [6, 6.07) is 16.2. The Labute approximate surface area is 176 Å². The molecule has 0 radical (unpaired) electrons. The lowest BCUT2D eigenvalue weighted by atomic mass is 9.68. The van der Waals surface area contributed by atoms with Gasteiger partial charge in [-0.05, 0) is 54.8 Å². The Balaban J connectivity index is 1.64. The predicted molar refractivity (Wildman–Crippen MR) is 117 cm³/mol. The molecule has 156 valence electrons. The molecule has 1 N–H and O–H groups in total. The van der Waals surface area contributed by atoms with Crippen LogP contribution in [0.2, 0.25) is 0 Å². The lowest BCUT2D eigenvalue weighted by Crippen LogP contribution is -2.42. The highest BCUT2D eigenvalue weighted by atomic mass is 32.2. The zero-order valence-electron chi connectivity index (χ0n) is 16.9. The molecule has 4 rings (SSSR count). The van der Waals surface area contributed by atoms with E-state index in [1.165, 1.54) is 6.26 Å². The van der Waals surface area contributed by atoms with Gasteiger partial charge in [0.05, 0.1) is 16.0 Å². The lowest BCUT2D eigenvalue weighted by Gasteiger charge is -2.36. The fourth-order valence-corrected chi connectivity index (χ4v) is 4.85. The van der Waals surface area contributed by atoms with Crippen molar-refractivity contribution in [2.24, 2.45) is 0 Å².